The van der Waals surface area contributed by atoms with Gasteiger partial charge in [0.1, 0.15) is 6.04 Å². The van der Waals surface area contributed by atoms with Crippen LogP contribution in [0.5, 0.6) is 0 Å². The van der Waals surface area contributed by atoms with Gasteiger partial charge in [0, 0.05) is 11.8 Å². The molecular weight excluding hydrogens is 262 g/mol. The minimum Gasteiger partial charge on any atom is -0.354 e. The Kier molecular flexibility index (Phi) is 5.97. The van der Waals surface area contributed by atoms with Gasteiger partial charge in [-0.25, -0.2) is 0 Å². The van der Waals surface area contributed by atoms with Crippen LogP contribution in [0, 0.1) is 0 Å². The van der Waals surface area contributed by atoms with E-state index in [1.165, 1.54) is 0 Å². The predicted octanol–water partition coefficient (Wildman–Crippen LogP) is 0.257. The molecule has 0 bridgehead atoms. The number of nitrogens with one attached hydrogen (secondary N) is 3. The molecule has 19 heavy (non-hydrogen) atoms. The average molecular weight is 285 g/mol. The van der Waals surface area contributed by atoms with Crippen LogP contribution in [0.4, 0.5) is 0 Å². The molecule has 0 spiro atoms. The third-order valence-corrected chi connectivity index (χ3v) is 4.98. The van der Waals surface area contributed by atoms with Crippen LogP contribution in [0.3, 0.4) is 0 Å². The molecule has 5 nitrogen and oxygen atoms in total. The smallest absolute Gasteiger partial charge is 0.242 e. The highest BCUT2D eigenvalue weighted by Crippen LogP contribution is 2.19. The van der Waals surface area contributed by atoms with Crippen molar-refractivity contribution >= 4 is 23.6 Å². The topological polar surface area (TPSA) is 70.2 Å². The fraction of sp³-hybridized carbons (Fsp3) is 0.846. The predicted molar refractivity (Wildman–Crippen MR) is 77.1 cm³/mol. The number of thioether (sulfide) groups is 1. The fourth-order valence-electron chi connectivity index (χ4n) is 2.47. The van der Waals surface area contributed by atoms with Gasteiger partial charge in [-0.2, -0.15) is 0 Å². The maximum atomic E-state index is 11.9. The molecule has 2 fully saturated rings. The van der Waals surface area contributed by atoms with Crippen molar-refractivity contribution in [3.05, 3.63) is 0 Å². The summed E-state index contributed by atoms with van der Waals surface area (Å²) in [5.41, 5.74) is 0. The van der Waals surface area contributed by atoms with Crippen LogP contribution in [0.2, 0.25) is 0 Å². The number of rotatable bonds is 4. The molecule has 1 atom stereocenters. The standard InChI is InChI=1S/C13H23N3O2S/c17-12(9-19-10-4-7-14-8-5-10)16-11-3-1-2-6-15-13(11)18/h10-11,14H,1-9H2,(H,15,18)(H,16,17). The van der Waals surface area contributed by atoms with Gasteiger partial charge in [-0.3, -0.25) is 9.59 Å². The Morgan fingerprint density at radius 2 is 2.00 bits per heavy atom. The van der Waals surface area contributed by atoms with E-state index in [1.807, 2.05) is 0 Å². The lowest BCUT2D eigenvalue weighted by molar-refractivity contribution is -0.127. The van der Waals surface area contributed by atoms with Gasteiger partial charge < -0.3 is 16.0 Å². The molecule has 2 aliphatic heterocycles. The quantitative estimate of drug-likeness (QED) is 0.693. The van der Waals surface area contributed by atoms with Gasteiger partial charge in [0.15, 0.2) is 0 Å². The molecule has 2 saturated heterocycles. The molecule has 0 aromatic carbocycles. The van der Waals surface area contributed by atoms with E-state index < -0.39 is 0 Å². The Morgan fingerprint density at radius 1 is 1.21 bits per heavy atom. The molecule has 108 valence electrons. The summed E-state index contributed by atoms with van der Waals surface area (Å²) in [6.45, 7) is 2.82. The van der Waals surface area contributed by atoms with Crippen LogP contribution in [0.15, 0.2) is 0 Å². The second kappa shape index (κ2) is 7.75. The van der Waals surface area contributed by atoms with E-state index in [9.17, 15) is 9.59 Å². The summed E-state index contributed by atoms with van der Waals surface area (Å²) in [4.78, 5) is 23.6. The van der Waals surface area contributed by atoms with Crippen molar-refractivity contribution in [1.82, 2.24) is 16.0 Å². The Balaban J connectivity index is 1.69. The van der Waals surface area contributed by atoms with Gasteiger partial charge in [-0.1, -0.05) is 0 Å². The van der Waals surface area contributed by atoms with E-state index in [0.29, 0.717) is 11.0 Å². The zero-order valence-corrected chi connectivity index (χ0v) is 12.1. The van der Waals surface area contributed by atoms with Crippen LogP contribution in [-0.4, -0.2) is 48.5 Å². The fourth-order valence-corrected chi connectivity index (χ4v) is 3.51. The van der Waals surface area contributed by atoms with Crippen molar-refractivity contribution in [3.8, 4) is 0 Å². The molecule has 2 heterocycles. The molecule has 3 N–H and O–H groups in total. The molecule has 0 aliphatic carbocycles. The second-order valence-electron chi connectivity index (χ2n) is 5.17. The third kappa shape index (κ3) is 5.03. The first kappa shape index (κ1) is 14.7. The van der Waals surface area contributed by atoms with E-state index in [1.54, 1.807) is 11.8 Å². The van der Waals surface area contributed by atoms with Crippen molar-refractivity contribution in [2.24, 2.45) is 0 Å². The number of carbonyl (C=O) groups is 2. The van der Waals surface area contributed by atoms with Gasteiger partial charge in [0.2, 0.25) is 11.8 Å². The SMILES string of the molecule is O=C(CSC1CCNCC1)NC1CCCCNC1=O. The highest BCUT2D eigenvalue weighted by Gasteiger charge is 2.23. The first-order valence-corrected chi connectivity index (χ1v) is 8.20. The number of hydrogen-bond donors (Lipinski definition) is 3. The summed E-state index contributed by atoms with van der Waals surface area (Å²) in [5, 5.41) is 9.59. The largest absolute Gasteiger partial charge is 0.354 e. The molecule has 1 unspecified atom stereocenters. The Hall–Kier alpha value is -0.750. The number of hydrogen-bond acceptors (Lipinski definition) is 4. The Bertz CT molecular complexity index is 319. The molecular formula is C13H23N3O2S. The molecule has 2 aliphatic rings. The van der Waals surface area contributed by atoms with E-state index in [4.69, 9.17) is 0 Å². The maximum Gasteiger partial charge on any atom is 0.242 e. The molecule has 2 rings (SSSR count). The van der Waals surface area contributed by atoms with Gasteiger partial charge in [-0.15, -0.1) is 11.8 Å². The van der Waals surface area contributed by atoms with Gasteiger partial charge >= 0.3 is 0 Å². The lowest BCUT2D eigenvalue weighted by Crippen LogP contribution is -2.46. The van der Waals surface area contributed by atoms with Crippen molar-refractivity contribution in [2.45, 2.75) is 43.4 Å². The van der Waals surface area contributed by atoms with Crippen molar-refractivity contribution < 1.29 is 9.59 Å². The van der Waals surface area contributed by atoms with Crippen molar-refractivity contribution in [2.75, 3.05) is 25.4 Å². The Morgan fingerprint density at radius 3 is 2.79 bits per heavy atom. The molecule has 2 amide bonds. The lowest BCUT2D eigenvalue weighted by Gasteiger charge is -2.22. The monoisotopic (exact) mass is 285 g/mol. The highest BCUT2D eigenvalue weighted by molar-refractivity contribution is 8.00. The molecule has 0 aromatic heterocycles. The van der Waals surface area contributed by atoms with Gasteiger partial charge in [-0.05, 0) is 45.2 Å². The van der Waals surface area contributed by atoms with Crippen molar-refractivity contribution in [1.29, 1.82) is 0 Å². The van der Waals surface area contributed by atoms with E-state index in [2.05, 4.69) is 16.0 Å². The maximum absolute atomic E-state index is 11.9. The number of carbonyl (C=O) groups excluding carboxylic acids is 2. The average Bonchev–Trinajstić information content (AvgIpc) is 2.63. The number of piperidine rings is 1. The zero-order valence-electron chi connectivity index (χ0n) is 11.2. The van der Waals surface area contributed by atoms with Crippen molar-refractivity contribution in [3.63, 3.8) is 0 Å². The first-order valence-electron chi connectivity index (χ1n) is 7.15. The summed E-state index contributed by atoms with van der Waals surface area (Å²) in [6.07, 6.45) is 5.01. The third-order valence-electron chi connectivity index (χ3n) is 3.61. The summed E-state index contributed by atoms with van der Waals surface area (Å²) in [5.74, 6) is 0.428. The highest BCUT2D eigenvalue weighted by atomic mass is 32.2. The second-order valence-corrected chi connectivity index (χ2v) is 6.46. The van der Waals surface area contributed by atoms with E-state index >= 15 is 0 Å². The molecule has 6 heteroatoms. The summed E-state index contributed by atoms with van der Waals surface area (Å²) in [6, 6.07) is -0.330. The van der Waals surface area contributed by atoms with Gasteiger partial charge in [0.25, 0.3) is 0 Å². The normalized spacial score (nSPS) is 25.5. The minimum absolute atomic E-state index is 0.00872. The summed E-state index contributed by atoms with van der Waals surface area (Å²) in [7, 11) is 0. The first-order chi connectivity index (χ1) is 9.25. The van der Waals surface area contributed by atoms with Crippen LogP contribution >= 0.6 is 11.8 Å². The Labute approximate surface area is 118 Å². The summed E-state index contributed by atoms with van der Waals surface area (Å²) < 4.78 is 0. The molecule has 0 saturated carbocycles. The summed E-state index contributed by atoms with van der Waals surface area (Å²) >= 11 is 1.72. The zero-order chi connectivity index (χ0) is 13.5. The van der Waals surface area contributed by atoms with Gasteiger partial charge in [0.05, 0.1) is 5.75 Å². The van der Waals surface area contributed by atoms with E-state index in [0.717, 1.165) is 51.7 Å². The lowest BCUT2D eigenvalue weighted by atomic mass is 10.1. The van der Waals surface area contributed by atoms with E-state index in [-0.39, 0.29) is 17.9 Å². The number of amides is 2. The van der Waals surface area contributed by atoms with Crippen LogP contribution in [-0.2, 0) is 9.59 Å². The molecule has 0 radical (unpaired) electrons. The minimum atomic E-state index is -0.330. The van der Waals surface area contributed by atoms with Crippen LogP contribution < -0.4 is 16.0 Å². The van der Waals surface area contributed by atoms with Crippen LogP contribution in [0.25, 0.3) is 0 Å². The molecule has 0 aromatic rings. The van der Waals surface area contributed by atoms with Crippen LogP contribution in [0.1, 0.15) is 32.1 Å².